The summed E-state index contributed by atoms with van der Waals surface area (Å²) in [5.74, 6) is -0.698. The summed E-state index contributed by atoms with van der Waals surface area (Å²) in [6.07, 6.45) is 0.636. The third-order valence-electron chi connectivity index (χ3n) is 6.33. The second-order valence-electron chi connectivity index (χ2n) is 8.99. The average Bonchev–Trinajstić information content (AvgIpc) is 3.43. The van der Waals surface area contributed by atoms with E-state index in [1.165, 1.54) is 28.2 Å². The van der Waals surface area contributed by atoms with E-state index in [-0.39, 0.29) is 12.5 Å². The van der Waals surface area contributed by atoms with Gasteiger partial charge in [0.25, 0.3) is 5.91 Å². The number of rotatable bonds is 7. The molecular weight excluding hydrogens is 534 g/mol. The maximum atomic E-state index is 13.8. The molecule has 0 bridgehead atoms. The first kappa shape index (κ1) is 26.2. The van der Waals surface area contributed by atoms with Gasteiger partial charge in [0, 0.05) is 20.2 Å². The molecule has 0 saturated heterocycles. The Kier molecular flexibility index (Phi) is 7.65. The van der Waals surface area contributed by atoms with Crippen molar-refractivity contribution >= 4 is 61.2 Å². The largest absolute Gasteiger partial charge is 0.462 e. The minimum atomic E-state index is -0.465. The van der Waals surface area contributed by atoms with E-state index in [4.69, 9.17) is 16.3 Å². The van der Waals surface area contributed by atoms with Crippen LogP contribution >= 0.6 is 34.3 Å². The number of carbonyl (C=O) groups excluding carboxylic acids is 2. The van der Waals surface area contributed by atoms with Crippen LogP contribution in [0.5, 0.6) is 0 Å². The van der Waals surface area contributed by atoms with Crippen molar-refractivity contribution in [3.05, 3.63) is 110 Å². The predicted molar refractivity (Wildman–Crippen MR) is 159 cm³/mol. The summed E-state index contributed by atoms with van der Waals surface area (Å²) in [5.41, 5.74) is 5.27. The number of amides is 1. The molecule has 5 rings (SSSR count). The van der Waals surface area contributed by atoms with Gasteiger partial charge in [-0.2, -0.15) is 0 Å². The van der Waals surface area contributed by atoms with E-state index in [9.17, 15) is 9.59 Å². The molecule has 7 heteroatoms. The molecule has 0 atom stereocenters. The SMILES string of the molecule is CCOC(=O)c1c(NC(=O)c2sc3ccccc3c2Cc2ccc(C)cc2)sc(C)c1-c1ccc(Cl)cc1. The number of aryl methyl sites for hydroxylation is 2. The Hall–Kier alpha value is -3.45. The number of anilines is 1. The summed E-state index contributed by atoms with van der Waals surface area (Å²) in [4.78, 5) is 28.5. The molecule has 192 valence electrons. The third-order valence-corrected chi connectivity index (χ3v) is 8.81. The number of halogens is 1. The molecular formula is C31H26ClNO3S2. The fourth-order valence-corrected chi connectivity index (χ4v) is 6.82. The van der Waals surface area contributed by atoms with Gasteiger partial charge in [0.2, 0.25) is 0 Å². The zero-order valence-electron chi connectivity index (χ0n) is 21.3. The highest BCUT2D eigenvalue weighted by molar-refractivity contribution is 7.21. The minimum absolute atomic E-state index is 0.234. The standard InChI is InChI=1S/C31H26ClNO3S2/c1-4-36-31(35)27-26(21-13-15-22(32)16-14-21)19(3)37-30(27)33-29(34)28-24(17-20-11-9-18(2)10-12-20)23-7-5-6-8-25(23)38-28/h5-16H,4,17H2,1-3H3,(H,33,34). The fourth-order valence-electron chi connectivity index (χ4n) is 4.52. The summed E-state index contributed by atoms with van der Waals surface area (Å²) in [6, 6.07) is 23.8. The quantitative estimate of drug-likeness (QED) is 0.202. The lowest BCUT2D eigenvalue weighted by Crippen LogP contribution is -2.15. The van der Waals surface area contributed by atoms with Crippen molar-refractivity contribution in [2.24, 2.45) is 0 Å². The first-order chi connectivity index (χ1) is 18.4. The van der Waals surface area contributed by atoms with E-state index in [1.54, 1.807) is 19.1 Å². The van der Waals surface area contributed by atoms with Gasteiger partial charge < -0.3 is 10.1 Å². The van der Waals surface area contributed by atoms with Crippen molar-refractivity contribution in [2.75, 3.05) is 11.9 Å². The number of fused-ring (bicyclic) bond motifs is 1. The van der Waals surface area contributed by atoms with Gasteiger partial charge in [-0.1, -0.05) is 71.8 Å². The first-order valence-corrected chi connectivity index (χ1v) is 14.3. The molecule has 3 aromatic carbocycles. The van der Waals surface area contributed by atoms with E-state index >= 15 is 0 Å². The van der Waals surface area contributed by atoms with Gasteiger partial charge in [0.05, 0.1) is 11.5 Å². The van der Waals surface area contributed by atoms with Crippen molar-refractivity contribution in [1.29, 1.82) is 0 Å². The Balaban J connectivity index is 1.56. The normalized spacial score (nSPS) is 11.1. The van der Waals surface area contributed by atoms with E-state index < -0.39 is 5.97 Å². The Bertz CT molecular complexity index is 1630. The summed E-state index contributed by atoms with van der Waals surface area (Å²) in [6.45, 7) is 6.00. The zero-order chi connectivity index (χ0) is 26.8. The smallest absolute Gasteiger partial charge is 0.341 e. The number of hydrogen-bond acceptors (Lipinski definition) is 5. The van der Waals surface area contributed by atoms with Crippen LogP contribution in [0.2, 0.25) is 5.02 Å². The van der Waals surface area contributed by atoms with Crippen molar-refractivity contribution in [2.45, 2.75) is 27.2 Å². The molecule has 0 saturated carbocycles. The van der Waals surface area contributed by atoms with Gasteiger partial charge in [-0.3, -0.25) is 4.79 Å². The van der Waals surface area contributed by atoms with E-state index in [1.807, 2.05) is 37.3 Å². The van der Waals surface area contributed by atoms with Gasteiger partial charge in [0.15, 0.2) is 0 Å². The molecule has 0 fully saturated rings. The van der Waals surface area contributed by atoms with Gasteiger partial charge in [-0.15, -0.1) is 22.7 Å². The van der Waals surface area contributed by atoms with Crippen LogP contribution in [0.4, 0.5) is 5.00 Å². The van der Waals surface area contributed by atoms with Crippen LogP contribution < -0.4 is 5.32 Å². The minimum Gasteiger partial charge on any atom is -0.462 e. The lowest BCUT2D eigenvalue weighted by atomic mass is 10.0. The van der Waals surface area contributed by atoms with Crippen molar-refractivity contribution in [3.8, 4) is 11.1 Å². The van der Waals surface area contributed by atoms with Crippen LogP contribution in [-0.2, 0) is 11.2 Å². The molecule has 0 aliphatic carbocycles. The van der Waals surface area contributed by atoms with Crippen LogP contribution in [0.15, 0.2) is 72.8 Å². The highest BCUT2D eigenvalue weighted by Gasteiger charge is 2.27. The number of ether oxygens (including phenoxy) is 1. The van der Waals surface area contributed by atoms with Crippen LogP contribution in [0.1, 0.15) is 48.5 Å². The third kappa shape index (κ3) is 5.25. The van der Waals surface area contributed by atoms with E-state index in [2.05, 4.69) is 42.6 Å². The Labute approximate surface area is 234 Å². The number of benzene rings is 3. The second kappa shape index (κ2) is 11.1. The fraction of sp³-hybridized carbons (Fsp3) is 0.161. The number of carbonyl (C=O) groups is 2. The number of esters is 1. The topological polar surface area (TPSA) is 55.4 Å². The molecule has 0 aliphatic rings. The molecule has 0 radical (unpaired) electrons. The number of nitrogens with one attached hydrogen (secondary N) is 1. The molecule has 38 heavy (non-hydrogen) atoms. The molecule has 2 heterocycles. The maximum Gasteiger partial charge on any atom is 0.341 e. The molecule has 0 spiro atoms. The summed E-state index contributed by atoms with van der Waals surface area (Å²) < 4.78 is 6.46. The van der Waals surface area contributed by atoms with Crippen LogP contribution in [0.3, 0.4) is 0 Å². The van der Waals surface area contributed by atoms with Gasteiger partial charge in [-0.05, 0) is 67.5 Å². The van der Waals surface area contributed by atoms with Crippen LogP contribution in [-0.4, -0.2) is 18.5 Å². The van der Waals surface area contributed by atoms with E-state index in [0.717, 1.165) is 37.2 Å². The molecule has 4 nitrogen and oxygen atoms in total. The maximum absolute atomic E-state index is 13.8. The van der Waals surface area contributed by atoms with Gasteiger partial charge in [-0.25, -0.2) is 4.79 Å². The zero-order valence-corrected chi connectivity index (χ0v) is 23.7. The second-order valence-corrected chi connectivity index (χ2v) is 11.7. The lowest BCUT2D eigenvalue weighted by Gasteiger charge is -2.10. The molecule has 5 aromatic rings. The average molecular weight is 560 g/mol. The van der Waals surface area contributed by atoms with Crippen molar-refractivity contribution in [1.82, 2.24) is 0 Å². The molecule has 0 aliphatic heterocycles. The lowest BCUT2D eigenvalue weighted by molar-refractivity contribution is 0.0529. The Morgan fingerprint density at radius 1 is 0.921 bits per heavy atom. The predicted octanol–water partition coefficient (Wildman–Crippen LogP) is 8.92. The molecule has 0 unspecified atom stereocenters. The number of hydrogen-bond donors (Lipinski definition) is 1. The Morgan fingerprint density at radius 2 is 1.63 bits per heavy atom. The molecule has 1 amide bonds. The Morgan fingerprint density at radius 3 is 2.34 bits per heavy atom. The monoisotopic (exact) mass is 559 g/mol. The summed E-state index contributed by atoms with van der Waals surface area (Å²) in [7, 11) is 0. The van der Waals surface area contributed by atoms with Crippen LogP contribution in [0, 0.1) is 13.8 Å². The number of thiophene rings is 2. The summed E-state index contributed by atoms with van der Waals surface area (Å²) in [5, 5.41) is 5.23. The molecule has 2 aromatic heterocycles. The van der Waals surface area contributed by atoms with Crippen LogP contribution in [0.25, 0.3) is 21.2 Å². The highest BCUT2D eigenvalue weighted by Crippen LogP contribution is 2.42. The molecule has 1 N–H and O–H groups in total. The van der Waals surface area contributed by atoms with E-state index in [0.29, 0.717) is 26.9 Å². The van der Waals surface area contributed by atoms with Gasteiger partial charge >= 0.3 is 5.97 Å². The highest BCUT2D eigenvalue weighted by atomic mass is 35.5. The van der Waals surface area contributed by atoms with Crippen molar-refractivity contribution in [3.63, 3.8) is 0 Å². The van der Waals surface area contributed by atoms with Gasteiger partial charge in [0.1, 0.15) is 10.6 Å². The summed E-state index contributed by atoms with van der Waals surface area (Å²) >= 11 is 8.95. The first-order valence-electron chi connectivity index (χ1n) is 12.3. The van der Waals surface area contributed by atoms with Crippen molar-refractivity contribution < 1.29 is 14.3 Å².